The summed E-state index contributed by atoms with van der Waals surface area (Å²) in [4.78, 5) is 9.87. The number of ether oxygens (including phenoxy) is 2. The Hall–Kier alpha value is -1.08. The van der Waals surface area contributed by atoms with Crippen molar-refractivity contribution in [1.29, 1.82) is 0 Å². The lowest BCUT2D eigenvalue weighted by atomic mass is 10.3. The lowest BCUT2D eigenvalue weighted by Crippen LogP contribution is -2.04. The second-order valence-electron chi connectivity index (χ2n) is 2.36. The molecule has 0 fully saturated rings. The maximum Gasteiger partial charge on any atom is 0.260 e. The molecule has 0 bridgehead atoms. The van der Waals surface area contributed by atoms with Crippen LogP contribution in [-0.2, 0) is 14.3 Å². The highest BCUT2D eigenvalue weighted by Gasteiger charge is 2.16. The van der Waals surface area contributed by atoms with Crippen molar-refractivity contribution in [1.82, 2.24) is 0 Å². The van der Waals surface area contributed by atoms with Gasteiger partial charge in [0.1, 0.15) is 12.0 Å². The molecule has 0 aliphatic carbocycles. The van der Waals surface area contributed by atoms with E-state index in [0.717, 1.165) is 5.57 Å². The van der Waals surface area contributed by atoms with Gasteiger partial charge in [0.15, 0.2) is 0 Å². The largest absolute Gasteiger partial charge is 0.459 e. The fraction of sp³-hybridized carbons (Fsp3) is 0.300. The molecule has 0 saturated heterocycles. The molecule has 1 aliphatic rings. The highest BCUT2D eigenvalue weighted by atomic mass is 31.0. The van der Waals surface area contributed by atoms with Crippen LogP contribution in [-0.4, -0.2) is 12.6 Å². The van der Waals surface area contributed by atoms with E-state index in [1.54, 1.807) is 6.08 Å². The Morgan fingerprint density at radius 2 is 2.29 bits per heavy atom. The van der Waals surface area contributed by atoms with E-state index in [-0.39, 0.29) is 17.3 Å². The Bertz CT molecular complexity index is 256. The van der Waals surface area contributed by atoms with E-state index in [1.807, 2.05) is 6.92 Å². The van der Waals surface area contributed by atoms with Gasteiger partial charge in [0, 0.05) is 12.2 Å². The van der Waals surface area contributed by atoms with Crippen LogP contribution < -0.4 is 0 Å². The molecule has 0 saturated carbocycles. The van der Waals surface area contributed by atoms with Crippen LogP contribution in [0.3, 0.4) is 0 Å². The molecule has 2 atom stereocenters. The van der Waals surface area contributed by atoms with Crippen molar-refractivity contribution in [2.24, 2.45) is 0 Å². The van der Waals surface area contributed by atoms with Gasteiger partial charge in [-0.1, -0.05) is 14.0 Å². The molecule has 0 aromatic heterocycles. The van der Waals surface area contributed by atoms with Crippen LogP contribution in [0.5, 0.6) is 0 Å². The Morgan fingerprint density at radius 3 is 2.71 bits per heavy atom. The van der Waals surface area contributed by atoms with Gasteiger partial charge >= 0.3 is 0 Å². The van der Waals surface area contributed by atoms with Gasteiger partial charge in [0.2, 0.25) is 0 Å². The van der Waals surface area contributed by atoms with Gasteiger partial charge in [-0.25, -0.2) is 0 Å². The summed E-state index contributed by atoms with van der Waals surface area (Å²) in [6.45, 7) is 5.53. The molecule has 80 valence electrons. The predicted molar refractivity (Wildman–Crippen MR) is 61.9 cm³/mol. The van der Waals surface area contributed by atoms with Crippen molar-refractivity contribution in [3.63, 3.8) is 0 Å². The van der Waals surface area contributed by atoms with Gasteiger partial charge < -0.3 is 9.47 Å². The molecule has 1 rings (SSSR count). The summed E-state index contributed by atoms with van der Waals surface area (Å²) in [5.41, 5.74) is 0.958. The quantitative estimate of drug-likeness (QED) is 0.314. The first-order chi connectivity index (χ1) is 5.74. The number of allylic oxidation sites excluding steroid dienone is 2. The smallest absolute Gasteiger partial charge is 0.260 e. The van der Waals surface area contributed by atoms with E-state index >= 15 is 0 Å². The zero-order valence-electron chi connectivity index (χ0n) is 7.53. The van der Waals surface area contributed by atoms with Crippen molar-refractivity contribution in [2.45, 2.75) is 20.6 Å². The molecule has 0 N–H and O–H groups in total. The third-order valence-corrected chi connectivity index (χ3v) is 1.45. The van der Waals surface area contributed by atoms with E-state index in [4.69, 9.17) is 9.47 Å². The molecule has 1 heterocycles. The van der Waals surface area contributed by atoms with Gasteiger partial charge in [-0.3, -0.25) is 4.79 Å². The lowest BCUT2D eigenvalue weighted by molar-refractivity contribution is -0.104. The Kier molecular flexibility index (Phi) is 8.07. The minimum Gasteiger partial charge on any atom is -0.459 e. The molecule has 0 aromatic rings. The Balaban J connectivity index is 0. The molecule has 14 heavy (non-hydrogen) atoms. The molecule has 3 nitrogen and oxygen atoms in total. The molecule has 4 heteroatoms. The SMILES string of the molecule is C.C=C1O[C@@H](O/C=C/C=O)C=C1C.P. The molecule has 0 amide bonds. The monoisotopic (exact) mass is 216 g/mol. The van der Waals surface area contributed by atoms with Gasteiger partial charge in [-0.15, -0.1) is 0 Å². The fourth-order valence-electron chi connectivity index (χ4n) is 0.786. The maximum absolute atomic E-state index is 9.87. The fourth-order valence-corrected chi connectivity index (χ4v) is 0.786. The summed E-state index contributed by atoms with van der Waals surface area (Å²) in [6, 6.07) is 0. The van der Waals surface area contributed by atoms with Crippen LogP contribution in [0.4, 0.5) is 0 Å². The molecule has 0 aromatic carbocycles. The lowest BCUT2D eigenvalue weighted by Gasteiger charge is -2.07. The van der Waals surface area contributed by atoms with Gasteiger partial charge in [0.05, 0.1) is 6.26 Å². The van der Waals surface area contributed by atoms with Crippen LogP contribution in [0.25, 0.3) is 0 Å². The van der Waals surface area contributed by atoms with Gasteiger partial charge in [-0.2, -0.15) is 9.90 Å². The maximum atomic E-state index is 9.87. The number of hydrogen-bond acceptors (Lipinski definition) is 3. The second-order valence-corrected chi connectivity index (χ2v) is 2.36. The van der Waals surface area contributed by atoms with Crippen molar-refractivity contribution in [3.8, 4) is 0 Å². The number of carbonyl (C=O) groups excluding carboxylic acids is 1. The van der Waals surface area contributed by atoms with E-state index in [2.05, 4.69) is 6.58 Å². The van der Waals surface area contributed by atoms with E-state index < -0.39 is 6.29 Å². The highest BCUT2D eigenvalue weighted by molar-refractivity contribution is 6.92. The number of hydrogen-bond donors (Lipinski definition) is 0. The minimum absolute atomic E-state index is 0. The van der Waals surface area contributed by atoms with Crippen LogP contribution in [0, 0.1) is 0 Å². The third kappa shape index (κ3) is 4.24. The summed E-state index contributed by atoms with van der Waals surface area (Å²) in [5, 5.41) is 0. The average Bonchev–Trinajstić information content (AvgIpc) is 2.32. The van der Waals surface area contributed by atoms with Crippen LogP contribution in [0.2, 0.25) is 0 Å². The average molecular weight is 216 g/mol. The third-order valence-electron chi connectivity index (χ3n) is 1.45. The Labute approximate surface area is 88.1 Å². The normalized spacial score (nSPS) is 19.1. The van der Waals surface area contributed by atoms with Crippen LogP contribution in [0.1, 0.15) is 14.4 Å². The van der Waals surface area contributed by atoms with Crippen LogP contribution >= 0.6 is 9.90 Å². The number of rotatable bonds is 3. The summed E-state index contributed by atoms with van der Waals surface area (Å²) < 4.78 is 10.2. The second kappa shape index (κ2) is 7.34. The molecule has 0 spiro atoms. The van der Waals surface area contributed by atoms with Gasteiger partial charge in [-0.05, 0) is 12.5 Å². The van der Waals surface area contributed by atoms with Crippen molar-refractivity contribution in [3.05, 3.63) is 36.3 Å². The highest BCUT2D eigenvalue weighted by Crippen LogP contribution is 2.21. The Morgan fingerprint density at radius 1 is 1.64 bits per heavy atom. The molecule has 1 aliphatic heterocycles. The zero-order valence-corrected chi connectivity index (χ0v) is 8.94. The molecule has 0 radical (unpaired) electrons. The number of aldehydes is 1. The minimum atomic E-state index is -0.436. The van der Waals surface area contributed by atoms with Crippen molar-refractivity contribution in [2.75, 3.05) is 0 Å². The topological polar surface area (TPSA) is 35.5 Å². The van der Waals surface area contributed by atoms with Gasteiger partial charge in [0.25, 0.3) is 6.29 Å². The first-order valence-corrected chi connectivity index (χ1v) is 3.54. The van der Waals surface area contributed by atoms with Crippen molar-refractivity contribution >= 4 is 16.2 Å². The summed E-state index contributed by atoms with van der Waals surface area (Å²) in [5.74, 6) is 0.611. The van der Waals surface area contributed by atoms with E-state index in [0.29, 0.717) is 12.0 Å². The molecular formula is C10H17O3P. The summed E-state index contributed by atoms with van der Waals surface area (Å²) in [7, 11) is 0. The first kappa shape index (κ1) is 15.4. The van der Waals surface area contributed by atoms with Crippen molar-refractivity contribution < 1.29 is 14.3 Å². The standard InChI is InChI=1S/C9H10O3.CH4.H3P/c1-7-6-9(12-8(7)2)11-5-3-4-10;;/h3-6,9H,2H2,1H3;1H4;1H3/b5-3+;;/t9-;;/m1../s1. The predicted octanol–water partition coefficient (Wildman–Crippen LogP) is 2.23. The summed E-state index contributed by atoms with van der Waals surface area (Å²) in [6.07, 6.45) is 4.54. The zero-order chi connectivity index (χ0) is 8.97. The summed E-state index contributed by atoms with van der Waals surface area (Å²) >= 11 is 0. The van der Waals surface area contributed by atoms with E-state index in [9.17, 15) is 4.79 Å². The van der Waals surface area contributed by atoms with E-state index in [1.165, 1.54) is 12.3 Å². The van der Waals surface area contributed by atoms with Crippen LogP contribution in [0.15, 0.2) is 36.3 Å². The number of carbonyl (C=O) groups is 1. The molecular weight excluding hydrogens is 199 g/mol. The first-order valence-electron chi connectivity index (χ1n) is 3.54. The molecule has 1 unspecified atom stereocenters.